The number of oxime groups is 3. The maximum absolute atomic E-state index is 13.8. The predicted molar refractivity (Wildman–Crippen MR) is 496 cm³/mol. The van der Waals surface area contributed by atoms with Gasteiger partial charge in [-0.1, -0.05) is 133 Å². The zero-order valence-electron chi connectivity index (χ0n) is 85.9. The topological polar surface area (TPSA) is 443 Å². The Hall–Kier alpha value is -4.34. The van der Waals surface area contributed by atoms with Crippen LogP contribution < -0.4 is 5.32 Å². The first-order valence-corrected chi connectivity index (χ1v) is 48.1. The van der Waals surface area contributed by atoms with E-state index in [1.165, 1.54) is 41.9 Å². The minimum atomic E-state index is -1.89. The summed E-state index contributed by atoms with van der Waals surface area (Å²) in [5, 5.41) is 131. The lowest BCUT2D eigenvalue weighted by molar-refractivity contribution is -0.298. The number of alkyl halides is 1. The highest BCUT2D eigenvalue weighted by Crippen LogP contribution is 2.46. The maximum Gasteiger partial charge on any atom is 0.316 e. The van der Waals surface area contributed by atoms with Gasteiger partial charge >= 0.3 is 17.9 Å². The van der Waals surface area contributed by atoms with Crippen molar-refractivity contribution in [3.63, 3.8) is 0 Å². The summed E-state index contributed by atoms with van der Waals surface area (Å²) in [6.45, 7) is 55.5. The van der Waals surface area contributed by atoms with Crippen molar-refractivity contribution in [3.8, 4) is 0 Å². The van der Waals surface area contributed by atoms with E-state index in [0.29, 0.717) is 43.3 Å². The van der Waals surface area contributed by atoms with Gasteiger partial charge in [0.1, 0.15) is 78.3 Å². The van der Waals surface area contributed by atoms with E-state index in [9.17, 15) is 74.6 Å². The smallest absolute Gasteiger partial charge is 0.316 e. The number of nitrogens with zero attached hydrogens (tertiary/aromatic N) is 4. The van der Waals surface area contributed by atoms with Crippen LogP contribution in [0.15, 0.2) is 15.5 Å². The second-order valence-corrected chi connectivity index (χ2v) is 40.7. The molecule has 6 saturated heterocycles. The molecule has 0 amide bonds. The molecule has 0 aromatic rings. The number of ketones is 1. The number of carbonyl (C=O) groups excluding carboxylic acids is 4. The van der Waals surface area contributed by atoms with E-state index in [2.05, 4.69) is 20.8 Å². The molecule has 1 unspecified atom stereocenters. The Balaban J connectivity index is 0.000000501. The number of halogens is 1. The van der Waals surface area contributed by atoms with Gasteiger partial charge in [0.25, 0.3) is 0 Å². The molecule has 0 spiro atoms. The van der Waals surface area contributed by atoms with Crippen LogP contribution in [0, 0.1) is 88.8 Å². The monoisotopic (exact) mass is 1870 g/mol. The summed E-state index contributed by atoms with van der Waals surface area (Å²) in [4.78, 5) is 72.9. The average molecular weight is 1870 g/mol. The fourth-order valence-electron chi connectivity index (χ4n) is 19.8. The first-order chi connectivity index (χ1) is 60.1. The standard InChI is InChI=1S/C34H64N2O10.C33H60FNO10.C28H50N2O7.C2H6/c1-14-25-34(10,41)29(37)21(4)27(35-43-16-15-36(11)12)19(2)17-32(8,40)23(6)20(3)28(22(5)31(39)45-25)46-26-18-33(9,42-13)30(38)24(7)44-26;1-12-24-33(10,40)28(36)20(4)26(35-42-15-13-14-34)18(2)16-31(8,39)22(6)19(3)27(21(5)30(38)44-24)45-25-17-32(9,41-11)29(37)23(7)43-25;1-10-22-28(8,34)25(32)18(4)23(30-37-21-12-11-13-29-15-21)16(2)14-27(7,35-9)20(6)17(3)24(31)19(5)26(33)36-22;1-2/h19-26,28-30,37-38,40-41H,14-18H2,1-13H3;18-25,27-29,36-37,39-40H,12-17H2,1-11H3;16-22,25,29,32,34H,10-15H2,1-9H3;1-2H3/t19-,20-,21+,22-,23-,24+,25-,26+,28+,29-,30+,32-,33-,34-;18-,19-,20+,21-,22-,23+,24-,25+,27+,28-,29+,31-,32-,33-;16-,17-,18+,19-,20-,21?,22-,25-,27-,28-;/m111./s1. The quantitative estimate of drug-likeness (QED) is 0.0177. The maximum atomic E-state index is 13.8. The van der Waals surface area contributed by atoms with Crippen LogP contribution in [0.3, 0.4) is 0 Å². The molecule has 33 heteroatoms. The molecule has 11 N–H and O–H groups in total. The normalized spacial score (nSPS) is 45.2. The van der Waals surface area contributed by atoms with Crippen molar-refractivity contribution in [1.29, 1.82) is 0 Å². The Morgan fingerprint density at radius 3 is 1.15 bits per heavy atom. The van der Waals surface area contributed by atoms with Gasteiger partial charge in [-0.15, -0.1) is 0 Å². The SMILES string of the molecule is CC.CC[C@H]1OC(=O)[C@H](C)C(=O)[C@H](C)[C@@H](C)[C@](C)(OC)C[C@@H](C)C(=NOC2CCCNC2)[C@H](C)[C@@H](O)[C@]1(C)O.CC[C@H]1OC(=O)[C@H](C)[C@@H](O[C@H]2C[C@@](C)(OC)[C@@H](O)[C@H](C)O2)[C@H](C)[C@@H](C)[C@](C)(O)C[C@@H](C)C(=NOCCCF)[C@H](C)[C@@H](O)[C@]1(C)O.CC[C@H]1OC(=O)[C@H](C)[C@@H](O[C@H]2C[C@@](C)(OC)[C@@H](O)[C@H](C)O2)[C@H](C)[C@@H](C)[C@](C)(O)C[C@@H](C)C(=NOCCN(C)C)[C@H](C)[C@@H](O)[C@]1(C)O. The third-order valence-electron chi connectivity index (χ3n) is 30.3. The molecule has 32 nitrogen and oxygen atoms in total. The number of aliphatic hydroxyl groups is 10. The van der Waals surface area contributed by atoms with Crippen molar-refractivity contribution in [2.24, 2.45) is 104 Å². The van der Waals surface area contributed by atoms with E-state index >= 15 is 0 Å². The van der Waals surface area contributed by atoms with Gasteiger partial charge < -0.3 is 123 Å². The van der Waals surface area contributed by atoms with Crippen molar-refractivity contribution >= 4 is 40.8 Å². The number of ether oxygens (including phenoxy) is 10. The Morgan fingerprint density at radius 1 is 0.462 bits per heavy atom. The molecule has 0 aromatic carbocycles. The van der Waals surface area contributed by atoms with Gasteiger partial charge in [-0.05, 0) is 192 Å². The number of Topliss-reactive ketones (excluding diaryl/α,β-unsaturated/α-hetero) is 1. The van der Waals surface area contributed by atoms with Gasteiger partial charge in [-0.3, -0.25) is 23.6 Å². The molecular formula is C97H180FN5O27. The highest BCUT2D eigenvalue weighted by Gasteiger charge is 2.56. The van der Waals surface area contributed by atoms with Crippen molar-refractivity contribution in [1.82, 2.24) is 10.2 Å². The molecule has 0 aromatic heterocycles. The van der Waals surface area contributed by atoms with Gasteiger partial charge in [-0.25, -0.2) is 0 Å². The number of aliphatic hydroxyl groups excluding tert-OH is 5. The number of hydrogen-bond acceptors (Lipinski definition) is 32. The van der Waals surface area contributed by atoms with Gasteiger partial charge in [0.2, 0.25) is 0 Å². The summed E-state index contributed by atoms with van der Waals surface area (Å²) in [5.41, 5.74) is -9.23. The summed E-state index contributed by atoms with van der Waals surface area (Å²) in [6.07, 6.45) is -9.41. The number of nitrogens with one attached hydrogen (secondary N) is 1. The van der Waals surface area contributed by atoms with E-state index < -0.39 is 214 Å². The second-order valence-electron chi connectivity index (χ2n) is 40.7. The minimum Gasteiger partial charge on any atom is -0.459 e. The molecule has 6 aliphatic heterocycles. The number of cyclic esters (lactones) is 3. The number of hydrogen-bond donors (Lipinski definition) is 11. The lowest BCUT2D eigenvalue weighted by Gasteiger charge is -2.47. The highest BCUT2D eigenvalue weighted by molar-refractivity contribution is 6.00. The van der Waals surface area contributed by atoms with Gasteiger partial charge in [0.15, 0.2) is 12.6 Å². The molecule has 6 heterocycles. The highest BCUT2D eigenvalue weighted by atomic mass is 19.1. The van der Waals surface area contributed by atoms with E-state index in [4.69, 9.17) is 61.9 Å². The fraction of sp³-hybridized carbons (Fsp3) is 0.928. The molecule has 130 heavy (non-hydrogen) atoms. The number of rotatable bonds is 20. The first kappa shape index (κ1) is 120. The van der Waals surface area contributed by atoms with Crippen LogP contribution >= 0.6 is 0 Å². The van der Waals surface area contributed by atoms with Gasteiger partial charge in [0.05, 0.1) is 106 Å². The van der Waals surface area contributed by atoms with Crippen LogP contribution in [0.2, 0.25) is 0 Å². The number of methoxy groups -OCH3 is 3. The molecule has 6 aliphatic rings. The molecule has 0 bridgehead atoms. The van der Waals surface area contributed by atoms with Crippen LogP contribution in [-0.4, -0.2) is 308 Å². The second kappa shape index (κ2) is 51.9. The van der Waals surface area contributed by atoms with Crippen molar-refractivity contribution in [2.75, 3.05) is 74.9 Å². The number of esters is 3. The van der Waals surface area contributed by atoms with Gasteiger partial charge in [0, 0.05) is 95.1 Å². The molecule has 0 saturated carbocycles. The van der Waals surface area contributed by atoms with Crippen LogP contribution in [0.4, 0.5) is 4.39 Å². The minimum absolute atomic E-state index is 0.0306. The van der Waals surface area contributed by atoms with E-state index in [-0.39, 0.29) is 99.5 Å². The molecule has 38 atom stereocenters. The van der Waals surface area contributed by atoms with Crippen LogP contribution in [0.5, 0.6) is 0 Å². The predicted octanol–water partition coefficient (Wildman–Crippen LogP) is 10.9. The molecule has 762 valence electrons. The van der Waals surface area contributed by atoms with Crippen LogP contribution in [-0.2, 0) is 81.1 Å². The van der Waals surface area contributed by atoms with Crippen molar-refractivity contribution < 1.29 is 137 Å². The Labute approximate surface area is 778 Å². The summed E-state index contributed by atoms with van der Waals surface area (Å²) in [5.74, 6) is -10.2. The summed E-state index contributed by atoms with van der Waals surface area (Å²) < 4.78 is 72.8. The van der Waals surface area contributed by atoms with E-state index in [1.807, 2.05) is 102 Å². The molecular weight excluding hydrogens is 1690 g/mol. The first-order valence-electron chi connectivity index (χ1n) is 48.1. The lowest BCUT2D eigenvalue weighted by atomic mass is 9.70. The van der Waals surface area contributed by atoms with Crippen LogP contribution in [0.25, 0.3) is 0 Å². The van der Waals surface area contributed by atoms with E-state index in [1.54, 1.807) is 104 Å². The number of likely N-dealkylation sites (N-methyl/N-ethyl adjacent to an activating group) is 1. The third-order valence-corrected chi connectivity index (χ3v) is 30.3. The fourth-order valence-corrected chi connectivity index (χ4v) is 19.8. The molecule has 6 rings (SSSR count). The zero-order chi connectivity index (χ0) is 100.0. The molecule has 0 aliphatic carbocycles. The summed E-state index contributed by atoms with van der Waals surface area (Å²) in [6, 6.07) is 0. The molecule has 6 fully saturated rings. The Kier molecular flexibility index (Phi) is 47.8. The number of piperidine rings is 1. The summed E-state index contributed by atoms with van der Waals surface area (Å²) in [7, 11) is 8.51. The third kappa shape index (κ3) is 30.3. The number of carbonyl (C=O) groups is 4. The van der Waals surface area contributed by atoms with Crippen molar-refractivity contribution in [2.45, 2.75) is 415 Å². The lowest BCUT2D eigenvalue weighted by Crippen LogP contribution is -2.58. The average Bonchev–Trinajstić information content (AvgIpc) is 0.777. The van der Waals surface area contributed by atoms with E-state index in [0.717, 1.165) is 19.4 Å². The molecule has 0 radical (unpaired) electrons. The Morgan fingerprint density at radius 2 is 0.815 bits per heavy atom. The van der Waals surface area contributed by atoms with Crippen LogP contribution in [0.1, 0.15) is 278 Å². The van der Waals surface area contributed by atoms with Gasteiger partial charge in [-0.2, -0.15) is 0 Å². The summed E-state index contributed by atoms with van der Waals surface area (Å²) >= 11 is 0. The zero-order valence-corrected chi connectivity index (χ0v) is 85.9. The Bertz CT molecular complexity index is 3490. The largest absolute Gasteiger partial charge is 0.459 e. The van der Waals surface area contributed by atoms with Crippen molar-refractivity contribution in [3.05, 3.63) is 0 Å².